The summed E-state index contributed by atoms with van der Waals surface area (Å²) in [6.45, 7) is 1.84. The fraction of sp³-hybridized carbons (Fsp3) is 0.526. The Morgan fingerprint density at radius 2 is 1.96 bits per heavy atom. The first-order valence-corrected chi connectivity index (χ1v) is 10.0. The van der Waals surface area contributed by atoms with Gasteiger partial charge in [0.05, 0.1) is 12.3 Å². The van der Waals surface area contributed by atoms with Gasteiger partial charge in [0, 0.05) is 10.9 Å². The minimum atomic E-state index is -0.965. The number of fused-ring (bicyclic) bond motifs is 1. The van der Waals surface area contributed by atoms with Gasteiger partial charge in [-0.1, -0.05) is 43.2 Å². The van der Waals surface area contributed by atoms with E-state index in [0.29, 0.717) is 5.69 Å². The van der Waals surface area contributed by atoms with E-state index in [-0.39, 0.29) is 25.1 Å². The lowest BCUT2D eigenvalue weighted by molar-refractivity contribution is -0.145. The fourth-order valence-electron chi connectivity index (χ4n) is 3.41. The number of nitrogens with one attached hydrogen (secondary N) is 1. The average molecular weight is 376 g/mol. The first-order chi connectivity index (χ1) is 12.6. The summed E-state index contributed by atoms with van der Waals surface area (Å²) in [4.78, 5) is 39.8. The number of hydrogen-bond acceptors (Lipinski definition) is 5. The van der Waals surface area contributed by atoms with Crippen molar-refractivity contribution in [3.05, 3.63) is 24.3 Å². The Bertz CT molecular complexity index is 688. The third-order valence-corrected chi connectivity index (χ3v) is 5.89. The van der Waals surface area contributed by atoms with Gasteiger partial charge in [-0.05, 0) is 31.9 Å². The molecule has 1 aromatic carbocycles. The molecule has 2 aliphatic rings. The summed E-state index contributed by atoms with van der Waals surface area (Å²) < 4.78 is 5.03. The molecule has 1 aliphatic carbocycles. The van der Waals surface area contributed by atoms with Gasteiger partial charge in [0.25, 0.3) is 5.91 Å². The SMILES string of the molecule is CCOC(=O)C1Sc2ccccc2N(CC(=O)NC2CCCCC2)C1=O. The van der Waals surface area contributed by atoms with Crippen LogP contribution in [0, 0.1) is 0 Å². The van der Waals surface area contributed by atoms with Crippen LogP contribution < -0.4 is 10.2 Å². The molecule has 0 spiro atoms. The van der Waals surface area contributed by atoms with Gasteiger partial charge in [0.2, 0.25) is 5.91 Å². The molecular formula is C19H24N2O4S. The summed E-state index contributed by atoms with van der Waals surface area (Å²) in [5, 5.41) is 2.07. The van der Waals surface area contributed by atoms with E-state index in [1.807, 2.05) is 18.2 Å². The largest absolute Gasteiger partial charge is 0.465 e. The van der Waals surface area contributed by atoms with Gasteiger partial charge in [-0.25, -0.2) is 0 Å². The summed E-state index contributed by atoms with van der Waals surface area (Å²) in [5.74, 6) is -1.14. The number of carbonyl (C=O) groups excluding carboxylic acids is 3. The molecule has 6 nitrogen and oxygen atoms in total. The summed E-state index contributed by atoms with van der Waals surface area (Å²) in [7, 11) is 0. The zero-order valence-electron chi connectivity index (χ0n) is 14.9. The molecule has 140 valence electrons. The van der Waals surface area contributed by atoms with Crippen molar-refractivity contribution in [1.82, 2.24) is 5.32 Å². The van der Waals surface area contributed by atoms with E-state index in [9.17, 15) is 14.4 Å². The quantitative estimate of drug-likeness (QED) is 0.631. The Hall–Kier alpha value is -2.02. The summed E-state index contributed by atoms with van der Waals surface area (Å²) in [6.07, 6.45) is 5.42. The van der Waals surface area contributed by atoms with Crippen LogP contribution in [0.5, 0.6) is 0 Å². The molecule has 0 aromatic heterocycles. The van der Waals surface area contributed by atoms with Crippen LogP contribution in [0.1, 0.15) is 39.0 Å². The van der Waals surface area contributed by atoms with Crippen LogP contribution >= 0.6 is 11.8 Å². The van der Waals surface area contributed by atoms with Crippen LogP contribution in [-0.2, 0) is 19.1 Å². The molecule has 1 aliphatic heterocycles. The molecule has 0 bridgehead atoms. The lowest BCUT2D eigenvalue weighted by atomic mass is 9.95. The molecule has 1 saturated carbocycles. The van der Waals surface area contributed by atoms with Crippen LogP contribution in [0.3, 0.4) is 0 Å². The standard InChI is InChI=1S/C19H24N2O4S/c1-2-25-19(24)17-18(23)21(14-10-6-7-11-15(14)26-17)12-16(22)20-13-8-4-3-5-9-13/h6-7,10-11,13,17H,2-5,8-9,12H2,1H3,(H,20,22). The molecule has 3 rings (SSSR count). The molecular weight excluding hydrogens is 352 g/mol. The number of hydrogen-bond donors (Lipinski definition) is 1. The van der Waals surface area contributed by atoms with E-state index in [1.165, 1.54) is 23.1 Å². The van der Waals surface area contributed by atoms with E-state index >= 15 is 0 Å². The van der Waals surface area contributed by atoms with Gasteiger partial charge in [-0.15, -0.1) is 0 Å². The van der Waals surface area contributed by atoms with Crippen molar-refractivity contribution < 1.29 is 19.1 Å². The van der Waals surface area contributed by atoms with E-state index in [0.717, 1.165) is 30.6 Å². The van der Waals surface area contributed by atoms with Crippen molar-refractivity contribution in [2.45, 2.75) is 55.2 Å². The average Bonchev–Trinajstić information content (AvgIpc) is 2.64. The highest BCUT2D eigenvalue weighted by Crippen LogP contribution is 2.39. The second-order valence-corrected chi connectivity index (χ2v) is 7.69. The Labute approximate surface area is 157 Å². The van der Waals surface area contributed by atoms with E-state index in [2.05, 4.69) is 5.32 Å². The van der Waals surface area contributed by atoms with E-state index in [4.69, 9.17) is 4.74 Å². The van der Waals surface area contributed by atoms with Crippen LogP contribution in [0.2, 0.25) is 0 Å². The van der Waals surface area contributed by atoms with Crippen molar-refractivity contribution in [2.24, 2.45) is 0 Å². The Morgan fingerprint density at radius 1 is 1.23 bits per heavy atom. The number of thioether (sulfide) groups is 1. The molecule has 1 unspecified atom stereocenters. The zero-order chi connectivity index (χ0) is 18.5. The number of esters is 1. The normalized spacial score (nSPS) is 20.4. The molecule has 2 amide bonds. The number of carbonyl (C=O) groups is 3. The van der Waals surface area contributed by atoms with Crippen molar-refractivity contribution in [3.63, 3.8) is 0 Å². The highest BCUT2D eigenvalue weighted by atomic mass is 32.2. The Balaban J connectivity index is 1.75. The van der Waals surface area contributed by atoms with Gasteiger partial charge < -0.3 is 15.0 Å². The van der Waals surface area contributed by atoms with Gasteiger partial charge in [0.15, 0.2) is 5.25 Å². The summed E-state index contributed by atoms with van der Waals surface area (Å²) in [6, 6.07) is 7.51. The lowest BCUT2D eigenvalue weighted by Crippen LogP contribution is -2.50. The first-order valence-electron chi connectivity index (χ1n) is 9.13. The van der Waals surface area contributed by atoms with Crippen molar-refractivity contribution >= 4 is 35.2 Å². The van der Waals surface area contributed by atoms with Gasteiger partial charge >= 0.3 is 5.97 Å². The molecule has 1 heterocycles. The summed E-state index contributed by atoms with van der Waals surface area (Å²) >= 11 is 1.18. The van der Waals surface area contributed by atoms with Crippen LogP contribution in [0.4, 0.5) is 5.69 Å². The number of para-hydroxylation sites is 1. The number of benzene rings is 1. The van der Waals surface area contributed by atoms with Crippen LogP contribution in [-0.4, -0.2) is 42.2 Å². The topological polar surface area (TPSA) is 75.7 Å². The highest BCUT2D eigenvalue weighted by Gasteiger charge is 2.40. The highest BCUT2D eigenvalue weighted by molar-refractivity contribution is 8.01. The smallest absolute Gasteiger partial charge is 0.329 e. The zero-order valence-corrected chi connectivity index (χ0v) is 15.7. The maximum absolute atomic E-state index is 12.9. The Kier molecular flexibility index (Phi) is 6.19. The number of rotatable bonds is 5. The fourth-order valence-corrected chi connectivity index (χ4v) is 4.51. The predicted molar refractivity (Wildman–Crippen MR) is 100 cm³/mol. The molecule has 26 heavy (non-hydrogen) atoms. The predicted octanol–water partition coefficient (Wildman–Crippen LogP) is 2.51. The lowest BCUT2D eigenvalue weighted by Gasteiger charge is -2.33. The maximum Gasteiger partial charge on any atom is 0.329 e. The third-order valence-electron chi connectivity index (χ3n) is 4.66. The Morgan fingerprint density at radius 3 is 2.69 bits per heavy atom. The molecule has 1 atom stereocenters. The molecule has 1 fully saturated rings. The minimum absolute atomic E-state index is 0.0805. The van der Waals surface area contributed by atoms with Crippen LogP contribution in [0.25, 0.3) is 0 Å². The van der Waals surface area contributed by atoms with Gasteiger partial charge in [0.1, 0.15) is 6.54 Å². The number of ether oxygens (including phenoxy) is 1. The van der Waals surface area contributed by atoms with Gasteiger partial charge in [-0.3, -0.25) is 14.4 Å². The van der Waals surface area contributed by atoms with Crippen molar-refractivity contribution in [1.29, 1.82) is 0 Å². The molecule has 7 heteroatoms. The first kappa shape index (κ1) is 18.8. The van der Waals surface area contributed by atoms with Crippen molar-refractivity contribution in [3.8, 4) is 0 Å². The minimum Gasteiger partial charge on any atom is -0.465 e. The molecule has 1 N–H and O–H groups in total. The molecule has 0 radical (unpaired) electrons. The van der Waals surface area contributed by atoms with E-state index < -0.39 is 17.1 Å². The second kappa shape index (κ2) is 8.58. The maximum atomic E-state index is 12.9. The molecule has 1 aromatic rings. The van der Waals surface area contributed by atoms with Crippen molar-refractivity contribution in [2.75, 3.05) is 18.1 Å². The van der Waals surface area contributed by atoms with E-state index in [1.54, 1.807) is 13.0 Å². The monoisotopic (exact) mass is 376 g/mol. The van der Waals surface area contributed by atoms with Crippen LogP contribution in [0.15, 0.2) is 29.2 Å². The molecule has 0 saturated heterocycles. The number of anilines is 1. The number of nitrogens with zero attached hydrogens (tertiary/aromatic N) is 1. The summed E-state index contributed by atoms with van der Waals surface area (Å²) in [5.41, 5.74) is 0.668. The van der Waals surface area contributed by atoms with Gasteiger partial charge in [-0.2, -0.15) is 0 Å². The number of amides is 2. The third kappa shape index (κ3) is 4.20. The second-order valence-electron chi connectivity index (χ2n) is 6.54.